The summed E-state index contributed by atoms with van der Waals surface area (Å²) in [5.41, 5.74) is 7.04. The van der Waals surface area contributed by atoms with Gasteiger partial charge in [0.2, 0.25) is 0 Å². The highest BCUT2D eigenvalue weighted by molar-refractivity contribution is 7.21. The molecule has 1 aliphatic heterocycles. The molecule has 0 aliphatic carbocycles. The highest BCUT2D eigenvalue weighted by atomic mass is 32.1. The molecule has 0 atom stereocenters. The van der Waals surface area contributed by atoms with E-state index in [1.54, 1.807) is 11.3 Å². The van der Waals surface area contributed by atoms with E-state index in [9.17, 15) is 0 Å². The van der Waals surface area contributed by atoms with Gasteiger partial charge >= 0.3 is 7.12 Å². The van der Waals surface area contributed by atoms with Crippen LogP contribution in [0.5, 0.6) is 0 Å². The molecule has 0 bridgehead atoms. The van der Waals surface area contributed by atoms with Crippen molar-refractivity contribution in [1.82, 2.24) is 9.97 Å². The molecule has 4 nitrogen and oxygen atoms in total. The number of H-pyrrole nitrogens is 1. The van der Waals surface area contributed by atoms with E-state index >= 15 is 0 Å². The quantitative estimate of drug-likeness (QED) is 0.254. The second-order valence-corrected chi connectivity index (χ2v) is 11.9. The summed E-state index contributed by atoms with van der Waals surface area (Å²) in [6.45, 7) is 8.35. The van der Waals surface area contributed by atoms with Crippen molar-refractivity contribution in [3.05, 3.63) is 84.9 Å². The van der Waals surface area contributed by atoms with Crippen molar-refractivity contribution >= 4 is 55.9 Å². The number of fused-ring (bicyclic) bond motifs is 4. The fourth-order valence-corrected chi connectivity index (χ4v) is 6.04. The Hall–Kier alpha value is -3.45. The summed E-state index contributed by atoms with van der Waals surface area (Å²) in [5, 5.41) is 3.48. The monoisotopic (exact) mass is 502 g/mol. The van der Waals surface area contributed by atoms with Crippen LogP contribution in [-0.2, 0) is 9.31 Å². The molecule has 1 aliphatic rings. The highest BCUT2D eigenvalue weighted by Crippen LogP contribution is 2.38. The Morgan fingerprint density at radius 3 is 2.19 bits per heavy atom. The first-order valence-corrected chi connectivity index (χ1v) is 13.5. The summed E-state index contributed by atoms with van der Waals surface area (Å²) < 4.78 is 13.8. The van der Waals surface area contributed by atoms with Crippen molar-refractivity contribution in [2.24, 2.45) is 0 Å². The van der Waals surface area contributed by atoms with E-state index in [0.717, 1.165) is 38.1 Å². The summed E-state index contributed by atoms with van der Waals surface area (Å²) in [7, 11) is -0.375. The van der Waals surface area contributed by atoms with E-state index < -0.39 is 0 Å². The van der Waals surface area contributed by atoms with E-state index in [-0.39, 0.29) is 18.3 Å². The zero-order chi connectivity index (χ0) is 25.4. The molecule has 1 saturated heterocycles. The number of benzene rings is 4. The molecular weight excluding hydrogens is 475 g/mol. The third-order valence-electron chi connectivity index (χ3n) is 7.87. The van der Waals surface area contributed by atoms with Crippen LogP contribution >= 0.6 is 11.3 Å². The zero-order valence-corrected chi connectivity index (χ0v) is 22.1. The van der Waals surface area contributed by atoms with Gasteiger partial charge in [0.25, 0.3) is 0 Å². The van der Waals surface area contributed by atoms with Crippen molar-refractivity contribution < 1.29 is 9.31 Å². The van der Waals surface area contributed by atoms with E-state index in [4.69, 9.17) is 14.3 Å². The van der Waals surface area contributed by atoms with Gasteiger partial charge in [-0.25, -0.2) is 4.98 Å². The second-order valence-electron chi connectivity index (χ2n) is 10.8. The number of rotatable bonds is 3. The van der Waals surface area contributed by atoms with Crippen LogP contribution in [0.2, 0.25) is 0 Å². The summed E-state index contributed by atoms with van der Waals surface area (Å²) in [5.74, 6) is 0. The van der Waals surface area contributed by atoms with Crippen molar-refractivity contribution in [3.63, 3.8) is 0 Å². The number of aromatic amines is 1. The molecular formula is C31H27BN2O2S. The fourth-order valence-electron chi connectivity index (χ4n) is 5.05. The van der Waals surface area contributed by atoms with E-state index in [2.05, 4.69) is 112 Å². The summed E-state index contributed by atoms with van der Waals surface area (Å²) in [4.78, 5) is 8.51. The van der Waals surface area contributed by atoms with Gasteiger partial charge in [-0.3, -0.25) is 0 Å². The average molecular weight is 502 g/mol. The van der Waals surface area contributed by atoms with Crippen LogP contribution in [0.1, 0.15) is 27.7 Å². The minimum absolute atomic E-state index is 0.362. The number of nitrogens with zero attached hydrogens (tertiary/aromatic N) is 1. The molecule has 0 radical (unpaired) electrons. The number of thiazole rings is 1. The Kier molecular flexibility index (Phi) is 4.93. The molecule has 37 heavy (non-hydrogen) atoms. The van der Waals surface area contributed by atoms with Crippen LogP contribution < -0.4 is 5.46 Å². The molecule has 3 heterocycles. The summed E-state index contributed by atoms with van der Waals surface area (Å²) >= 11 is 1.74. The number of aromatic nitrogens is 2. The predicted octanol–water partition coefficient (Wildman–Crippen LogP) is 7.56. The van der Waals surface area contributed by atoms with Gasteiger partial charge < -0.3 is 14.3 Å². The zero-order valence-electron chi connectivity index (χ0n) is 21.3. The molecule has 0 spiro atoms. The van der Waals surface area contributed by atoms with E-state index in [1.807, 2.05) is 6.07 Å². The van der Waals surface area contributed by atoms with Gasteiger partial charge in [-0.15, -0.1) is 11.3 Å². The van der Waals surface area contributed by atoms with Gasteiger partial charge in [-0.1, -0.05) is 60.7 Å². The molecule has 2 aromatic heterocycles. The van der Waals surface area contributed by atoms with Gasteiger partial charge in [-0.05, 0) is 68.6 Å². The Morgan fingerprint density at radius 1 is 0.703 bits per heavy atom. The lowest BCUT2D eigenvalue weighted by Gasteiger charge is -2.32. The van der Waals surface area contributed by atoms with Gasteiger partial charge in [-0.2, -0.15) is 0 Å². The van der Waals surface area contributed by atoms with Gasteiger partial charge in [0.05, 0.1) is 21.4 Å². The third-order valence-corrected chi connectivity index (χ3v) is 8.94. The first-order chi connectivity index (χ1) is 17.8. The minimum Gasteiger partial charge on any atom is -0.399 e. The Morgan fingerprint density at radius 2 is 1.41 bits per heavy atom. The first-order valence-electron chi connectivity index (χ1n) is 12.6. The molecule has 4 aromatic carbocycles. The number of hydrogen-bond acceptors (Lipinski definition) is 4. The maximum absolute atomic E-state index is 6.30. The molecule has 0 saturated carbocycles. The van der Waals surface area contributed by atoms with Gasteiger partial charge in [0.15, 0.2) is 0 Å². The van der Waals surface area contributed by atoms with Crippen molar-refractivity contribution in [3.8, 4) is 21.7 Å². The van der Waals surface area contributed by atoms with Crippen LogP contribution in [0.15, 0.2) is 84.9 Å². The molecule has 1 N–H and O–H groups in total. The van der Waals surface area contributed by atoms with Crippen LogP contribution in [-0.4, -0.2) is 28.3 Å². The lowest BCUT2D eigenvalue weighted by atomic mass is 9.78. The largest absolute Gasteiger partial charge is 0.494 e. The lowest BCUT2D eigenvalue weighted by Crippen LogP contribution is -2.41. The summed E-state index contributed by atoms with van der Waals surface area (Å²) in [6, 6.07) is 30.0. The molecule has 7 rings (SSSR count). The fraction of sp³-hybridized carbons (Fsp3) is 0.194. The maximum Gasteiger partial charge on any atom is 0.494 e. The Balaban J connectivity index is 1.29. The maximum atomic E-state index is 6.30. The van der Waals surface area contributed by atoms with Crippen LogP contribution in [0.4, 0.5) is 0 Å². The van der Waals surface area contributed by atoms with Crippen LogP contribution in [0.25, 0.3) is 53.7 Å². The minimum atomic E-state index is -0.375. The molecule has 6 aromatic rings. The predicted molar refractivity (Wildman–Crippen MR) is 156 cm³/mol. The standard InChI is InChI=1S/C31H27BN2O2S/c1-30(2)31(3,4)36-32(35-30)22-12-8-11-20(15-22)21-13-14-25-23(16-21)24-17-28-27(18-26(24)33-25)34-29(37-28)19-9-6-5-7-10-19/h5-18,33H,1-4H3. The SMILES string of the molecule is CC1(C)OB(c2cccc(-c3ccc4[nH]c5cc6nc(-c7ccccc7)sc6cc5c4c3)c2)OC1(C)C. The normalized spacial score (nSPS) is 16.8. The van der Waals surface area contributed by atoms with Crippen molar-refractivity contribution in [2.75, 3.05) is 0 Å². The first kappa shape index (κ1) is 22.7. The Bertz CT molecular complexity index is 1790. The Labute approximate surface area is 220 Å². The molecule has 1 fully saturated rings. The highest BCUT2D eigenvalue weighted by Gasteiger charge is 2.51. The average Bonchev–Trinajstić information content (AvgIpc) is 3.53. The van der Waals surface area contributed by atoms with Crippen LogP contribution in [0.3, 0.4) is 0 Å². The molecule has 0 unspecified atom stereocenters. The molecule has 6 heteroatoms. The lowest BCUT2D eigenvalue weighted by molar-refractivity contribution is 0.00578. The third kappa shape index (κ3) is 3.71. The number of hydrogen-bond donors (Lipinski definition) is 1. The van der Waals surface area contributed by atoms with Gasteiger partial charge in [0, 0.05) is 27.4 Å². The molecule has 0 amide bonds. The second kappa shape index (κ2) is 8.03. The van der Waals surface area contributed by atoms with Crippen molar-refractivity contribution in [2.45, 2.75) is 38.9 Å². The van der Waals surface area contributed by atoms with E-state index in [1.165, 1.54) is 21.0 Å². The van der Waals surface area contributed by atoms with Crippen molar-refractivity contribution in [1.29, 1.82) is 0 Å². The topological polar surface area (TPSA) is 47.1 Å². The van der Waals surface area contributed by atoms with E-state index in [0.29, 0.717) is 0 Å². The van der Waals surface area contributed by atoms with Gasteiger partial charge in [0.1, 0.15) is 5.01 Å². The number of nitrogens with one attached hydrogen (secondary N) is 1. The van der Waals surface area contributed by atoms with Crippen LogP contribution in [0, 0.1) is 0 Å². The smallest absolute Gasteiger partial charge is 0.399 e. The molecule has 182 valence electrons. The summed E-state index contributed by atoms with van der Waals surface area (Å²) in [6.07, 6.45) is 0.